The molecule has 1 saturated carbocycles. The van der Waals surface area contributed by atoms with Crippen LogP contribution in [0.2, 0.25) is 0 Å². The second-order valence-corrected chi connectivity index (χ2v) is 9.06. The molecule has 0 aliphatic heterocycles. The van der Waals surface area contributed by atoms with Crippen molar-refractivity contribution >= 4 is 21.4 Å². The van der Waals surface area contributed by atoms with Crippen LogP contribution in [0.1, 0.15) is 18.9 Å². The molecule has 1 aromatic carbocycles. The van der Waals surface area contributed by atoms with Crippen LogP contribution in [0.25, 0.3) is 10.7 Å². The number of hydrogen-bond acceptors (Lipinski definition) is 5. The average molecular weight is 426 g/mol. The molecule has 3 aromatic rings. The summed E-state index contributed by atoms with van der Waals surface area (Å²) in [4.78, 5) is 12.9. The zero-order valence-corrected chi connectivity index (χ0v) is 16.1. The fourth-order valence-corrected chi connectivity index (χ4v) is 4.64. The van der Waals surface area contributed by atoms with E-state index in [4.69, 9.17) is 0 Å². The molecule has 2 aromatic heterocycles. The summed E-state index contributed by atoms with van der Waals surface area (Å²) >= 11 is 1.47. The van der Waals surface area contributed by atoms with Crippen LogP contribution in [0, 0.1) is 11.6 Å². The first-order valence-electron chi connectivity index (χ1n) is 8.55. The molecule has 1 aliphatic rings. The van der Waals surface area contributed by atoms with Gasteiger partial charge < -0.3 is 0 Å². The summed E-state index contributed by atoms with van der Waals surface area (Å²) in [5.41, 5.74) is -0.307. The maximum atomic E-state index is 13.7. The van der Waals surface area contributed by atoms with Gasteiger partial charge >= 0.3 is 5.69 Å². The standard InChI is InChI=1S/C17H16F2N4O3S2/c18-11-3-6-15(13(19)10-11)28(25,26)20-7-8-22-17(24)23(12-4-5-12)16(21-22)14-2-1-9-27-14/h1-3,6,9-10,12,20H,4-5,7-8H2. The number of aromatic nitrogens is 3. The highest BCUT2D eigenvalue weighted by molar-refractivity contribution is 7.89. The van der Waals surface area contributed by atoms with E-state index in [9.17, 15) is 22.0 Å². The first-order chi connectivity index (χ1) is 13.4. The zero-order valence-electron chi connectivity index (χ0n) is 14.5. The van der Waals surface area contributed by atoms with Crippen molar-refractivity contribution in [3.05, 3.63) is 57.8 Å². The number of rotatable bonds is 7. The molecule has 0 unspecified atom stereocenters. The number of thiophene rings is 1. The molecule has 28 heavy (non-hydrogen) atoms. The third-order valence-electron chi connectivity index (χ3n) is 4.32. The normalized spacial score (nSPS) is 14.5. The molecule has 0 saturated heterocycles. The summed E-state index contributed by atoms with van der Waals surface area (Å²) in [6.45, 7) is -0.177. The predicted octanol–water partition coefficient (Wildman–Crippen LogP) is 2.36. The summed E-state index contributed by atoms with van der Waals surface area (Å²) in [7, 11) is -4.18. The van der Waals surface area contributed by atoms with Crippen molar-refractivity contribution in [1.82, 2.24) is 19.1 Å². The monoisotopic (exact) mass is 426 g/mol. The topological polar surface area (TPSA) is 86.0 Å². The second kappa shape index (κ2) is 7.22. The number of nitrogens with one attached hydrogen (secondary N) is 1. The van der Waals surface area contributed by atoms with Crippen molar-refractivity contribution in [2.24, 2.45) is 0 Å². The van der Waals surface area contributed by atoms with Gasteiger partial charge in [0.15, 0.2) is 5.82 Å². The van der Waals surface area contributed by atoms with E-state index in [0.717, 1.165) is 29.9 Å². The fourth-order valence-electron chi connectivity index (χ4n) is 2.86. The minimum atomic E-state index is -4.18. The van der Waals surface area contributed by atoms with Crippen LogP contribution in [0.15, 0.2) is 45.4 Å². The minimum absolute atomic E-state index is 0.0149. The van der Waals surface area contributed by atoms with Crippen molar-refractivity contribution in [3.8, 4) is 10.7 Å². The van der Waals surface area contributed by atoms with Gasteiger partial charge in [-0.15, -0.1) is 16.4 Å². The average Bonchev–Trinajstić information content (AvgIpc) is 3.20. The molecule has 4 rings (SSSR count). The predicted molar refractivity (Wildman–Crippen MR) is 99.6 cm³/mol. The van der Waals surface area contributed by atoms with Crippen LogP contribution in [-0.2, 0) is 16.6 Å². The van der Waals surface area contributed by atoms with Gasteiger partial charge in [-0.05, 0) is 36.4 Å². The molecule has 0 radical (unpaired) electrons. The molecule has 11 heteroatoms. The third-order valence-corrected chi connectivity index (χ3v) is 6.68. The van der Waals surface area contributed by atoms with Gasteiger partial charge in [-0.1, -0.05) is 6.07 Å². The molecule has 7 nitrogen and oxygen atoms in total. The Morgan fingerprint density at radius 2 is 2.04 bits per heavy atom. The molecule has 0 amide bonds. The Labute approximate surface area is 163 Å². The molecule has 0 spiro atoms. The second-order valence-electron chi connectivity index (χ2n) is 6.38. The van der Waals surface area contributed by atoms with Crippen molar-refractivity contribution in [1.29, 1.82) is 0 Å². The number of hydrogen-bond donors (Lipinski definition) is 1. The number of benzene rings is 1. The van der Waals surface area contributed by atoms with E-state index in [0.29, 0.717) is 11.9 Å². The van der Waals surface area contributed by atoms with E-state index in [1.165, 1.54) is 16.0 Å². The number of nitrogens with zero attached hydrogens (tertiary/aromatic N) is 3. The van der Waals surface area contributed by atoms with Crippen molar-refractivity contribution in [3.63, 3.8) is 0 Å². The van der Waals surface area contributed by atoms with Gasteiger partial charge in [0.2, 0.25) is 10.0 Å². The quantitative estimate of drug-likeness (QED) is 0.629. The highest BCUT2D eigenvalue weighted by Crippen LogP contribution is 2.37. The first kappa shape index (κ1) is 19.0. The highest BCUT2D eigenvalue weighted by atomic mass is 32.2. The summed E-state index contributed by atoms with van der Waals surface area (Å²) in [5.74, 6) is -1.48. The lowest BCUT2D eigenvalue weighted by Gasteiger charge is -2.07. The first-order valence-corrected chi connectivity index (χ1v) is 10.9. The summed E-state index contributed by atoms with van der Waals surface area (Å²) in [5, 5.41) is 6.24. The van der Waals surface area contributed by atoms with E-state index < -0.39 is 26.6 Å². The van der Waals surface area contributed by atoms with Crippen molar-refractivity contribution in [2.45, 2.75) is 30.3 Å². The van der Waals surface area contributed by atoms with Crippen LogP contribution >= 0.6 is 11.3 Å². The van der Waals surface area contributed by atoms with Gasteiger partial charge in [-0.25, -0.2) is 31.4 Å². The largest absolute Gasteiger partial charge is 0.346 e. The Hall–Kier alpha value is -2.37. The molecular formula is C17H16F2N4O3S2. The Bertz CT molecular complexity index is 1170. The smallest absolute Gasteiger partial charge is 0.271 e. The number of halogens is 2. The van der Waals surface area contributed by atoms with Gasteiger partial charge in [0.25, 0.3) is 0 Å². The summed E-state index contributed by atoms with van der Waals surface area (Å²) < 4.78 is 56.2. The van der Waals surface area contributed by atoms with Gasteiger partial charge in [-0.3, -0.25) is 4.57 Å². The molecule has 1 fully saturated rings. The molecular weight excluding hydrogens is 410 g/mol. The molecule has 0 atom stereocenters. The molecule has 1 aliphatic carbocycles. The maximum Gasteiger partial charge on any atom is 0.346 e. The van der Waals surface area contributed by atoms with E-state index in [2.05, 4.69) is 9.82 Å². The van der Waals surface area contributed by atoms with Gasteiger partial charge in [0, 0.05) is 18.7 Å². The molecule has 1 N–H and O–H groups in total. The molecule has 2 heterocycles. The van der Waals surface area contributed by atoms with Crippen molar-refractivity contribution < 1.29 is 17.2 Å². The van der Waals surface area contributed by atoms with Crippen molar-refractivity contribution in [2.75, 3.05) is 6.54 Å². The Kier molecular flexibility index (Phi) is 4.89. The minimum Gasteiger partial charge on any atom is -0.271 e. The Balaban J connectivity index is 1.53. The van der Waals surface area contributed by atoms with E-state index in [-0.39, 0.29) is 24.8 Å². The van der Waals surface area contributed by atoms with Gasteiger partial charge in [-0.2, -0.15) is 0 Å². The lowest BCUT2D eigenvalue weighted by molar-refractivity contribution is 0.531. The van der Waals surface area contributed by atoms with E-state index in [1.807, 2.05) is 17.5 Å². The summed E-state index contributed by atoms with van der Waals surface area (Å²) in [6.07, 6.45) is 1.81. The van der Waals surface area contributed by atoms with Gasteiger partial charge in [0.05, 0.1) is 11.4 Å². The summed E-state index contributed by atoms with van der Waals surface area (Å²) in [6, 6.07) is 6.08. The molecule has 0 bridgehead atoms. The Morgan fingerprint density at radius 1 is 1.25 bits per heavy atom. The van der Waals surface area contributed by atoms with E-state index in [1.54, 1.807) is 4.57 Å². The maximum absolute atomic E-state index is 13.7. The van der Waals surface area contributed by atoms with Crippen LogP contribution in [0.5, 0.6) is 0 Å². The van der Waals surface area contributed by atoms with Crippen LogP contribution in [0.3, 0.4) is 0 Å². The SMILES string of the molecule is O=c1n(CCNS(=O)(=O)c2ccc(F)cc2F)nc(-c2cccs2)n1C1CC1. The third kappa shape index (κ3) is 3.64. The van der Waals surface area contributed by atoms with Crippen LogP contribution in [-0.4, -0.2) is 29.3 Å². The Morgan fingerprint density at radius 3 is 2.68 bits per heavy atom. The highest BCUT2D eigenvalue weighted by Gasteiger charge is 2.30. The van der Waals surface area contributed by atoms with Crippen LogP contribution < -0.4 is 10.4 Å². The van der Waals surface area contributed by atoms with E-state index >= 15 is 0 Å². The fraction of sp³-hybridized carbons (Fsp3) is 0.294. The molecule has 148 valence electrons. The zero-order chi connectivity index (χ0) is 19.9. The lowest BCUT2D eigenvalue weighted by Crippen LogP contribution is -2.32. The van der Waals surface area contributed by atoms with Gasteiger partial charge in [0.1, 0.15) is 16.5 Å². The number of sulfonamides is 1. The lowest BCUT2D eigenvalue weighted by atomic mass is 10.3. The van der Waals surface area contributed by atoms with Crippen LogP contribution in [0.4, 0.5) is 8.78 Å².